The normalized spacial score (nSPS) is 8.23. The Morgan fingerprint density at radius 3 is 1.50 bits per heavy atom. The molecular formula is C22H22K2O5Si. The minimum atomic E-state index is -1.29. The van der Waals surface area contributed by atoms with Crippen LogP contribution < -0.4 is 108 Å². The van der Waals surface area contributed by atoms with Gasteiger partial charge in [-0.25, -0.2) is 0 Å². The Bertz CT molecular complexity index is 862. The minimum absolute atomic E-state index is 0. The molecule has 8 heteroatoms. The van der Waals surface area contributed by atoms with Crippen molar-refractivity contribution in [2.75, 3.05) is 0 Å². The Hall–Kier alpha value is -0.180. The SMILES string of the molecule is C#Cc1ccc(C=O)cc1.C[Si](C)(C)C#Cc1ccc(C=O)cc1.O=CO[O-].[H-].[K+].[K+]. The van der Waals surface area contributed by atoms with Crippen LogP contribution in [-0.4, -0.2) is 27.1 Å². The van der Waals surface area contributed by atoms with Crippen molar-refractivity contribution in [1.82, 2.24) is 0 Å². The van der Waals surface area contributed by atoms with Crippen LogP contribution >= 0.6 is 0 Å². The first-order chi connectivity index (χ1) is 13.3. The molecule has 0 aliphatic heterocycles. The van der Waals surface area contributed by atoms with Crippen LogP contribution in [0.2, 0.25) is 19.6 Å². The zero-order valence-corrected chi connectivity index (χ0v) is 25.2. The Balaban J connectivity index is -0.000000190. The summed E-state index contributed by atoms with van der Waals surface area (Å²) in [4.78, 5) is 31.8. The number of aldehydes is 2. The van der Waals surface area contributed by atoms with E-state index < -0.39 is 8.07 Å². The van der Waals surface area contributed by atoms with Crippen molar-refractivity contribution in [2.45, 2.75) is 19.6 Å². The molecule has 0 amide bonds. The van der Waals surface area contributed by atoms with E-state index in [0.717, 1.165) is 23.7 Å². The molecule has 146 valence electrons. The summed E-state index contributed by atoms with van der Waals surface area (Å²) in [6, 6.07) is 14.2. The molecule has 0 aliphatic rings. The van der Waals surface area contributed by atoms with Gasteiger partial charge in [-0.15, -0.1) is 12.0 Å². The summed E-state index contributed by atoms with van der Waals surface area (Å²) in [5, 5.41) is 8.43. The molecule has 5 nitrogen and oxygen atoms in total. The predicted molar refractivity (Wildman–Crippen MR) is 110 cm³/mol. The van der Waals surface area contributed by atoms with E-state index in [0.29, 0.717) is 11.1 Å². The monoisotopic (exact) mass is 472 g/mol. The van der Waals surface area contributed by atoms with Crippen molar-refractivity contribution in [1.29, 1.82) is 0 Å². The van der Waals surface area contributed by atoms with Gasteiger partial charge in [0.1, 0.15) is 20.6 Å². The van der Waals surface area contributed by atoms with Gasteiger partial charge in [-0.05, 0) is 24.3 Å². The fourth-order valence-electron chi connectivity index (χ4n) is 1.56. The molecule has 0 unspecified atom stereocenters. The fraction of sp³-hybridized carbons (Fsp3) is 0.136. The maximum Gasteiger partial charge on any atom is 1.00 e. The van der Waals surface area contributed by atoms with Crippen molar-refractivity contribution >= 4 is 27.1 Å². The predicted octanol–water partition coefficient (Wildman–Crippen LogP) is -3.24. The van der Waals surface area contributed by atoms with E-state index in [4.69, 9.17) is 16.5 Å². The van der Waals surface area contributed by atoms with Gasteiger partial charge in [0.15, 0.2) is 0 Å². The van der Waals surface area contributed by atoms with Crippen molar-refractivity contribution in [2.24, 2.45) is 0 Å². The topological polar surface area (TPSA) is 83.5 Å². The Kier molecular flexibility index (Phi) is 23.8. The third-order valence-corrected chi connectivity index (χ3v) is 3.76. The molecule has 30 heavy (non-hydrogen) atoms. The molecule has 2 rings (SSSR count). The van der Waals surface area contributed by atoms with Gasteiger partial charge in [-0.2, -0.15) is 0 Å². The molecule has 0 N–H and O–H groups in total. The smallest absolute Gasteiger partial charge is 1.00 e. The Morgan fingerprint density at radius 2 is 1.23 bits per heavy atom. The van der Waals surface area contributed by atoms with Gasteiger partial charge in [0, 0.05) is 22.3 Å². The van der Waals surface area contributed by atoms with Crippen molar-refractivity contribution in [3.63, 3.8) is 0 Å². The second-order valence-corrected chi connectivity index (χ2v) is 11.1. The number of hydrogen-bond acceptors (Lipinski definition) is 5. The molecule has 0 heterocycles. The summed E-state index contributed by atoms with van der Waals surface area (Å²) in [6.07, 6.45) is 6.74. The van der Waals surface area contributed by atoms with E-state index >= 15 is 0 Å². The number of hydrogen-bond donors (Lipinski definition) is 0. The molecule has 0 atom stereocenters. The average molecular weight is 473 g/mol. The molecule has 2 aromatic carbocycles. The summed E-state index contributed by atoms with van der Waals surface area (Å²) in [7, 11) is -1.29. The zero-order valence-electron chi connectivity index (χ0n) is 19.0. The van der Waals surface area contributed by atoms with E-state index in [-0.39, 0.29) is 111 Å². The molecule has 0 spiro atoms. The Morgan fingerprint density at radius 1 is 0.867 bits per heavy atom. The summed E-state index contributed by atoms with van der Waals surface area (Å²) in [6.45, 7) is 6.44. The molecule has 0 aromatic heterocycles. The fourth-order valence-corrected chi connectivity index (χ4v) is 2.08. The molecule has 2 aromatic rings. The minimum Gasteiger partial charge on any atom is -1.00 e. The van der Waals surface area contributed by atoms with Crippen LogP contribution in [-0.2, 0) is 9.68 Å². The van der Waals surface area contributed by atoms with E-state index in [1.54, 1.807) is 36.4 Å². The number of carbonyl (C=O) groups excluding carboxylic acids is 3. The first-order valence-corrected chi connectivity index (χ1v) is 11.6. The maximum atomic E-state index is 10.4. The number of carbonyl (C=O) groups is 3. The summed E-state index contributed by atoms with van der Waals surface area (Å²) in [5.41, 5.74) is 6.41. The van der Waals surface area contributed by atoms with Crippen LogP contribution in [0.15, 0.2) is 48.5 Å². The largest absolute Gasteiger partial charge is 1.00 e. The van der Waals surface area contributed by atoms with Crippen LogP contribution in [0.3, 0.4) is 0 Å². The third kappa shape index (κ3) is 18.6. The first-order valence-electron chi connectivity index (χ1n) is 8.12. The molecule has 0 bridgehead atoms. The molecular weight excluding hydrogens is 451 g/mol. The van der Waals surface area contributed by atoms with E-state index in [2.05, 4.69) is 41.9 Å². The van der Waals surface area contributed by atoms with Gasteiger partial charge < -0.3 is 11.6 Å². The zero-order chi connectivity index (χ0) is 21.4. The van der Waals surface area contributed by atoms with Crippen molar-refractivity contribution < 1.29 is 129 Å². The van der Waals surface area contributed by atoms with Gasteiger partial charge >= 0.3 is 103 Å². The summed E-state index contributed by atoms with van der Waals surface area (Å²) < 4.78 is 0. The van der Waals surface area contributed by atoms with Crippen LogP contribution in [0, 0.1) is 23.8 Å². The Labute approximate surface area is 265 Å². The third-order valence-electron chi connectivity index (χ3n) is 2.88. The van der Waals surface area contributed by atoms with E-state index in [1.165, 1.54) is 0 Å². The van der Waals surface area contributed by atoms with Crippen LogP contribution in [0.4, 0.5) is 0 Å². The molecule has 0 radical (unpaired) electrons. The van der Waals surface area contributed by atoms with Crippen molar-refractivity contribution in [3.05, 3.63) is 70.8 Å². The average Bonchev–Trinajstić information content (AvgIpc) is 2.72. The summed E-state index contributed by atoms with van der Waals surface area (Å²) in [5.74, 6) is 5.59. The number of benzene rings is 2. The molecule has 0 fully saturated rings. The molecule has 0 aliphatic carbocycles. The standard InChI is InChI=1S/C12H14OSi.C9H6O.CH2O3.2K.H/c1-14(2,3)9-8-11-4-6-12(10-13)7-5-11;1-2-8-3-5-9(7-10)6-4-8;2-1-4-3;;;/h4-7,10H,1-3H3;1,3-7H;1,3H;;;/q;;;2*+1;-1/p-1. The molecule has 0 saturated heterocycles. The maximum absolute atomic E-state index is 10.4. The van der Waals surface area contributed by atoms with Crippen molar-refractivity contribution in [3.8, 4) is 23.8 Å². The van der Waals surface area contributed by atoms with Gasteiger partial charge in [0.05, 0.1) is 0 Å². The quantitative estimate of drug-likeness (QED) is 0.154. The summed E-state index contributed by atoms with van der Waals surface area (Å²) >= 11 is 0. The van der Waals surface area contributed by atoms with Gasteiger partial charge in [-0.3, -0.25) is 14.4 Å². The van der Waals surface area contributed by atoms with E-state index in [1.807, 2.05) is 12.1 Å². The van der Waals surface area contributed by atoms with Gasteiger partial charge in [-0.1, -0.05) is 55.7 Å². The van der Waals surface area contributed by atoms with Gasteiger partial charge in [0.25, 0.3) is 6.47 Å². The van der Waals surface area contributed by atoms with E-state index in [9.17, 15) is 9.59 Å². The van der Waals surface area contributed by atoms with Crippen LogP contribution in [0.1, 0.15) is 33.3 Å². The van der Waals surface area contributed by atoms with Gasteiger partial charge in [0.2, 0.25) is 0 Å². The number of rotatable bonds is 3. The molecule has 0 saturated carbocycles. The second-order valence-electron chi connectivity index (χ2n) is 6.32. The number of terminal acetylenes is 1. The first kappa shape index (κ1) is 34.4. The van der Waals surface area contributed by atoms with Crippen LogP contribution in [0.5, 0.6) is 0 Å². The van der Waals surface area contributed by atoms with Crippen LogP contribution in [0.25, 0.3) is 0 Å². The second kappa shape index (κ2) is 20.7.